The number of likely N-dealkylation sites (tertiary alicyclic amines) is 1. The number of hydrogen-bond donors (Lipinski definition) is 2. The number of halogens is 1. The Labute approximate surface area is 157 Å². The molecule has 7 heteroatoms. The third-order valence-electron chi connectivity index (χ3n) is 5.27. The van der Waals surface area contributed by atoms with Gasteiger partial charge in [0.05, 0.1) is 18.7 Å². The third-order valence-corrected chi connectivity index (χ3v) is 5.27. The van der Waals surface area contributed by atoms with Gasteiger partial charge in [0.1, 0.15) is 0 Å². The molecule has 0 radical (unpaired) electrons. The second-order valence-electron chi connectivity index (χ2n) is 7.55. The molecule has 0 aromatic carbocycles. The summed E-state index contributed by atoms with van der Waals surface area (Å²) in [5, 5.41) is 2.65. The molecule has 1 aliphatic carbocycles. The fourth-order valence-electron chi connectivity index (χ4n) is 3.42. The number of nitrogens with two attached hydrogens (primary N) is 1. The van der Waals surface area contributed by atoms with Crippen LogP contribution in [0, 0.1) is 11.8 Å². The molecule has 1 atom stereocenters. The summed E-state index contributed by atoms with van der Waals surface area (Å²) in [5.74, 6) is 0.514. The highest BCUT2D eigenvalue weighted by atomic mass is 35.5. The van der Waals surface area contributed by atoms with Crippen molar-refractivity contribution in [1.29, 1.82) is 0 Å². The fraction of sp³-hybridized carbons (Fsp3) is 0.889. The number of carbonyl (C=O) groups excluding carboxylic acids is 2. The lowest BCUT2D eigenvalue weighted by atomic mass is 10.0. The van der Waals surface area contributed by atoms with E-state index in [2.05, 4.69) is 5.32 Å². The monoisotopic (exact) mass is 375 g/mol. The highest BCUT2D eigenvalue weighted by Crippen LogP contribution is 2.26. The predicted octanol–water partition coefficient (Wildman–Crippen LogP) is 1.71. The van der Waals surface area contributed by atoms with E-state index in [-0.39, 0.29) is 42.8 Å². The van der Waals surface area contributed by atoms with E-state index in [4.69, 9.17) is 10.5 Å². The lowest BCUT2D eigenvalue weighted by molar-refractivity contribution is -0.135. The van der Waals surface area contributed by atoms with E-state index in [0.29, 0.717) is 13.1 Å². The van der Waals surface area contributed by atoms with Gasteiger partial charge >= 0.3 is 0 Å². The summed E-state index contributed by atoms with van der Waals surface area (Å²) in [7, 11) is 0. The van der Waals surface area contributed by atoms with Gasteiger partial charge in [-0.05, 0) is 37.5 Å². The molecule has 146 valence electrons. The van der Waals surface area contributed by atoms with Crippen molar-refractivity contribution in [1.82, 2.24) is 10.2 Å². The lowest BCUT2D eigenvalue weighted by Gasteiger charge is -2.32. The molecule has 0 bridgehead atoms. The molecule has 25 heavy (non-hydrogen) atoms. The minimum absolute atomic E-state index is 0. The van der Waals surface area contributed by atoms with Crippen LogP contribution in [0.1, 0.15) is 52.4 Å². The normalized spacial score (nSPS) is 20.4. The van der Waals surface area contributed by atoms with Crippen LogP contribution >= 0.6 is 12.4 Å². The number of nitrogens with one attached hydrogen (secondary N) is 1. The van der Waals surface area contributed by atoms with Crippen LogP contribution in [0.15, 0.2) is 0 Å². The minimum Gasteiger partial charge on any atom is -0.378 e. The van der Waals surface area contributed by atoms with Crippen LogP contribution in [0.25, 0.3) is 0 Å². The van der Waals surface area contributed by atoms with E-state index in [0.717, 1.165) is 25.4 Å². The summed E-state index contributed by atoms with van der Waals surface area (Å²) in [6.07, 6.45) is 7.33. The van der Waals surface area contributed by atoms with Gasteiger partial charge in [0.15, 0.2) is 0 Å². The average molecular weight is 376 g/mol. The maximum absolute atomic E-state index is 12.2. The SMILES string of the molecule is CC(C)[C@H](N)C(=O)NCC(=O)N1CCC(OCC2CCCC2)CC1.Cl. The smallest absolute Gasteiger partial charge is 0.241 e. The topological polar surface area (TPSA) is 84.7 Å². The van der Waals surface area contributed by atoms with E-state index in [9.17, 15) is 9.59 Å². The average Bonchev–Trinajstić information content (AvgIpc) is 3.10. The van der Waals surface area contributed by atoms with Gasteiger partial charge in [0.2, 0.25) is 11.8 Å². The summed E-state index contributed by atoms with van der Waals surface area (Å²) in [4.78, 5) is 25.8. The number of piperidine rings is 1. The molecule has 6 nitrogen and oxygen atoms in total. The van der Waals surface area contributed by atoms with Crippen molar-refractivity contribution in [3.05, 3.63) is 0 Å². The van der Waals surface area contributed by atoms with Gasteiger partial charge in [-0.25, -0.2) is 0 Å². The first-order valence-corrected chi connectivity index (χ1v) is 9.40. The van der Waals surface area contributed by atoms with Crippen molar-refractivity contribution in [3.63, 3.8) is 0 Å². The summed E-state index contributed by atoms with van der Waals surface area (Å²) >= 11 is 0. The molecule has 0 unspecified atom stereocenters. The molecule has 2 rings (SSSR count). The molecular weight excluding hydrogens is 342 g/mol. The third kappa shape index (κ3) is 7.12. The van der Waals surface area contributed by atoms with Crippen LogP contribution in [-0.2, 0) is 14.3 Å². The molecule has 1 saturated carbocycles. The van der Waals surface area contributed by atoms with Crippen LogP contribution < -0.4 is 11.1 Å². The van der Waals surface area contributed by atoms with Gasteiger partial charge in [-0.1, -0.05) is 26.7 Å². The zero-order valence-electron chi connectivity index (χ0n) is 15.5. The molecule has 0 aromatic rings. The Hall–Kier alpha value is -0.850. The summed E-state index contributed by atoms with van der Waals surface area (Å²) in [5.41, 5.74) is 5.77. The molecule has 0 spiro atoms. The van der Waals surface area contributed by atoms with Gasteiger partial charge in [0, 0.05) is 19.7 Å². The van der Waals surface area contributed by atoms with Crippen molar-refractivity contribution in [2.45, 2.75) is 64.5 Å². The van der Waals surface area contributed by atoms with Crippen molar-refractivity contribution in [2.75, 3.05) is 26.2 Å². The van der Waals surface area contributed by atoms with E-state index in [1.807, 2.05) is 18.7 Å². The Morgan fingerprint density at radius 2 is 1.76 bits per heavy atom. The number of hydrogen-bond acceptors (Lipinski definition) is 4. The van der Waals surface area contributed by atoms with Crippen LogP contribution in [0.3, 0.4) is 0 Å². The Kier molecular flexibility index (Phi) is 9.75. The van der Waals surface area contributed by atoms with Gasteiger partial charge in [-0.2, -0.15) is 0 Å². The second-order valence-corrected chi connectivity index (χ2v) is 7.55. The molecule has 1 heterocycles. The van der Waals surface area contributed by atoms with Crippen molar-refractivity contribution in [3.8, 4) is 0 Å². The molecule has 2 fully saturated rings. The fourth-order valence-corrected chi connectivity index (χ4v) is 3.42. The molecule has 1 saturated heterocycles. The standard InChI is InChI=1S/C18H33N3O3.ClH/c1-13(2)17(19)18(23)20-11-16(22)21-9-7-15(8-10-21)24-12-14-5-3-4-6-14;/h13-15,17H,3-12,19H2,1-2H3,(H,20,23);1H/t17-;/m0./s1. The molecular formula is C18H34ClN3O3. The Morgan fingerprint density at radius 1 is 1.16 bits per heavy atom. The number of carbonyl (C=O) groups is 2. The highest BCUT2D eigenvalue weighted by molar-refractivity contribution is 5.87. The van der Waals surface area contributed by atoms with Crippen LogP contribution in [0.5, 0.6) is 0 Å². The van der Waals surface area contributed by atoms with E-state index in [1.54, 1.807) is 0 Å². The molecule has 0 aromatic heterocycles. The molecule has 2 amide bonds. The quantitative estimate of drug-likeness (QED) is 0.709. The zero-order valence-corrected chi connectivity index (χ0v) is 16.4. The van der Waals surface area contributed by atoms with Gasteiger partial charge in [-0.15, -0.1) is 12.4 Å². The van der Waals surface area contributed by atoms with Crippen LogP contribution in [-0.4, -0.2) is 55.1 Å². The van der Waals surface area contributed by atoms with E-state index in [1.165, 1.54) is 25.7 Å². The zero-order chi connectivity index (χ0) is 17.5. The van der Waals surface area contributed by atoms with Crippen molar-refractivity contribution < 1.29 is 14.3 Å². The van der Waals surface area contributed by atoms with Crippen molar-refractivity contribution in [2.24, 2.45) is 17.6 Å². The summed E-state index contributed by atoms with van der Waals surface area (Å²) in [6, 6.07) is -0.562. The Balaban J connectivity index is 0.00000312. The van der Waals surface area contributed by atoms with Crippen LogP contribution in [0.4, 0.5) is 0 Å². The van der Waals surface area contributed by atoms with Gasteiger partial charge < -0.3 is 20.7 Å². The summed E-state index contributed by atoms with van der Waals surface area (Å²) in [6.45, 7) is 6.11. The van der Waals surface area contributed by atoms with Crippen LogP contribution in [0.2, 0.25) is 0 Å². The number of amides is 2. The van der Waals surface area contributed by atoms with E-state index >= 15 is 0 Å². The first-order valence-electron chi connectivity index (χ1n) is 9.40. The minimum atomic E-state index is -0.562. The number of ether oxygens (including phenoxy) is 1. The number of rotatable bonds is 7. The Bertz CT molecular complexity index is 420. The first-order chi connectivity index (χ1) is 11.5. The molecule has 2 aliphatic rings. The number of nitrogens with zero attached hydrogens (tertiary/aromatic N) is 1. The molecule has 3 N–H and O–H groups in total. The maximum Gasteiger partial charge on any atom is 0.241 e. The predicted molar refractivity (Wildman–Crippen MR) is 101 cm³/mol. The summed E-state index contributed by atoms with van der Waals surface area (Å²) < 4.78 is 6.03. The Morgan fingerprint density at radius 3 is 2.32 bits per heavy atom. The van der Waals surface area contributed by atoms with E-state index < -0.39 is 6.04 Å². The first kappa shape index (κ1) is 22.2. The largest absolute Gasteiger partial charge is 0.378 e. The second kappa shape index (κ2) is 11.0. The molecule has 1 aliphatic heterocycles. The maximum atomic E-state index is 12.2. The lowest BCUT2D eigenvalue weighted by Crippen LogP contribution is -2.49. The van der Waals surface area contributed by atoms with Gasteiger partial charge in [-0.3, -0.25) is 9.59 Å². The highest BCUT2D eigenvalue weighted by Gasteiger charge is 2.25. The van der Waals surface area contributed by atoms with Gasteiger partial charge in [0.25, 0.3) is 0 Å². The van der Waals surface area contributed by atoms with Crippen molar-refractivity contribution >= 4 is 24.2 Å².